The Morgan fingerprint density at radius 2 is 1.72 bits per heavy atom. The average Bonchev–Trinajstić information content (AvgIpc) is 2.75. The molecule has 0 aliphatic carbocycles. The molecule has 2 aromatic carbocycles. The number of methoxy groups -OCH3 is 2. The van der Waals surface area contributed by atoms with Gasteiger partial charge < -0.3 is 19.7 Å². The van der Waals surface area contributed by atoms with Gasteiger partial charge in [-0.15, -0.1) is 0 Å². The highest BCUT2D eigenvalue weighted by Crippen LogP contribution is 2.25. The Balaban J connectivity index is 2.36. The predicted molar refractivity (Wildman–Crippen MR) is 113 cm³/mol. The highest BCUT2D eigenvalue weighted by Gasteiger charge is 2.30. The first-order valence-electron chi connectivity index (χ1n) is 9.84. The van der Waals surface area contributed by atoms with E-state index >= 15 is 0 Å². The lowest BCUT2D eigenvalue weighted by molar-refractivity contribution is -0.141. The summed E-state index contributed by atoms with van der Waals surface area (Å²) < 4.78 is 10.2. The third kappa shape index (κ3) is 6.61. The number of carbonyl (C=O) groups excluding carboxylic acids is 2. The van der Waals surface area contributed by atoms with Crippen LogP contribution in [0.5, 0.6) is 5.75 Å². The van der Waals surface area contributed by atoms with E-state index in [1.54, 1.807) is 19.1 Å². The maximum absolute atomic E-state index is 13.1. The molecule has 0 saturated heterocycles. The second kappa shape index (κ2) is 11.9. The standard InChI is InChI=1S/C23H30N2O4/c1-4-8-21(26)25(17-18-11-13-20(29-3)14-12-18)22(19-9-6-5-7-10-19)23(27)24-15-16-28-2/h5-7,9-14,22H,4,8,15-17H2,1-3H3,(H,24,27)/t22-/m1/s1. The fourth-order valence-electron chi connectivity index (χ4n) is 3.09. The molecule has 2 amide bonds. The van der Waals surface area contributed by atoms with Crippen molar-refractivity contribution in [2.24, 2.45) is 0 Å². The molecule has 1 atom stereocenters. The van der Waals surface area contributed by atoms with Crippen LogP contribution in [-0.4, -0.2) is 44.1 Å². The van der Waals surface area contributed by atoms with Crippen LogP contribution in [0.1, 0.15) is 36.9 Å². The van der Waals surface area contributed by atoms with E-state index in [0.717, 1.165) is 16.9 Å². The molecule has 0 heterocycles. The normalized spacial score (nSPS) is 11.6. The Morgan fingerprint density at radius 3 is 2.31 bits per heavy atom. The number of nitrogens with one attached hydrogen (secondary N) is 1. The van der Waals surface area contributed by atoms with Crippen LogP contribution in [0.25, 0.3) is 0 Å². The first kappa shape index (κ1) is 22.4. The second-order valence-electron chi connectivity index (χ2n) is 6.72. The number of benzene rings is 2. The molecule has 1 N–H and O–H groups in total. The fraction of sp³-hybridized carbons (Fsp3) is 0.391. The van der Waals surface area contributed by atoms with Crippen LogP contribution in [0.3, 0.4) is 0 Å². The molecule has 0 fully saturated rings. The number of carbonyl (C=O) groups is 2. The number of rotatable bonds is 11. The molecular weight excluding hydrogens is 368 g/mol. The molecule has 0 saturated carbocycles. The van der Waals surface area contributed by atoms with E-state index in [1.807, 2.05) is 61.5 Å². The van der Waals surface area contributed by atoms with Crippen molar-refractivity contribution in [3.05, 3.63) is 65.7 Å². The lowest BCUT2D eigenvalue weighted by atomic mass is 10.0. The summed E-state index contributed by atoms with van der Waals surface area (Å²) in [4.78, 5) is 27.8. The van der Waals surface area contributed by atoms with Gasteiger partial charge in [0, 0.05) is 26.6 Å². The molecule has 0 spiro atoms. The highest BCUT2D eigenvalue weighted by molar-refractivity contribution is 5.88. The summed E-state index contributed by atoms with van der Waals surface area (Å²) in [6.45, 7) is 3.09. The smallest absolute Gasteiger partial charge is 0.247 e. The second-order valence-corrected chi connectivity index (χ2v) is 6.72. The topological polar surface area (TPSA) is 67.9 Å². The van der Waals surface area contributed by atoms with Crippen molar-refractivity contribution < 1.29 is 19.1 Å². The van der Waals surface area contributed by atoms with Crippen molar-refractivity contribution >= 4 is 11.8 Å². The largest absolute Gasteiger partial charge is 0.497 e. The van der Waals surface area contributed by atoms with Crippen LogP contribution in [0.15, 0.2) is 54.6 Å². The Labute approximate surface area is 172 Å². The van der Waals surface area contributed by atoms with Gasteiger partial charge in [0.15, 0.2) is 0 Å². The molecule has 0 aliphatic heterocycles. The number of hydrogen-bond acceptors (Lipinski definition) is 4. The van der Waals surface area contributed by atoms with Crippen molar-refractivity contribution in [3.8, 4) is 5.75 Å². The zero-order chi connectivity index (χ0) is 21.1. The van der Waals surface area contributed by atoms with E-state index in [9.17, 15) is 9.59 Å². The maximum atomic E-state index is 13.1. The van der Waals surface area contributed by atoms with Gasteiger partial charge in [-0.3, -0.25) is 9.59 Å². The van der Waals surface area contributed by atoms with E-state index in [-0.39, 0.29) is 11.8 Å². The van der Waals surface area contributed by atoms with Crippen LogP contribution < -0.4 is 10.1 Å². The zero-order valence-corrected chi connectivity index (χ0v) is 17.4. The van der Waals surface area contributed by atoms with Gasteiger partial charge in [0.05, 0.1) is 13.7 Å². The Kier molecular flexibility index (Phi) is 9.18. The van der Waals surface area contributed by atoms with Gasteiger partial charge in [0.1, 0.15) is 11.8 Å². The van der Waals surface area contributed by atoms with Crippen LogP contribution >= 0.6 is 0 Å². The molecule has 6 heteroatoms. The molecule has 0 radical (unpaired) electrons. The monoisotopic (exact) mass is 398 g/mol. The molecule has 0 unspecified atom stereocenters. The summed E-state index contributed by atoms with van der Waals surface area (Å²) in [5, 5.41) is 2.89. The number of nitrogens with zero attached hydrogens (tertiary/aromatic N) is 1. The summed E-state index contributed by atoms with van der Waals surface area (Å²) in [6, 6.07) is 16.2. The van der Waals surface area contributed by atoms with Crippen LogP contribution in [0.4, 0.5) is 0 Å². The Morgan fingerprint density at radius 1 is 1.03 bits per heavy atom. The average molecular weight is 399 g/mol. The van der Waals surface area contributed by atoms with Crippen molar-refractivity contribution in [2.45, 2.75) is 32.4 Å². The minimum atomic E-state index is -0.714. The summed E-state index contributed by atoms with van der Waals surface area (Å²) in [6.07, 6.45) is 1.09. The number of ether oxygens (including phenoxy) is 2. The lowest BCUT2D eigenvalue weighted by Crippen LogP contribution is -2.44. The molecule has 6 nitrogen and oxygen atoms in total. The molecule has 0 aliphatic rings. The lowest BCUT2D eigenvalue weighted by Gasteiger charge is -2.31. The van der Waals surface area contributed by atoms with Crippen LogP contribution in [0.2, 0.25) is 0 Å². The van der Waals surface area contributed by atoms with Gasteiger partial charge in [-0.1, -0.05) is 49.4 Å². The number of amides is 2. The minimum absolute atomic E-state index is 0.0564. The predicted octanol–water partition coefficient (Wildman–Crippen LogP) is 3.33. The Bertz CT molecular complexity index is 762. The zero-order valence-electron chi connectivity index (χ0n) is 17.4. The van der Waals surface area contributed by atoms with E-state index in [4.69, 9.17) is 9.47 Å². The molecular formula is C23H30N2O4. The van der Waals surface area contributed by atoms with Gasteiger partial charge in [0.2, 0.25) is 11.8 Å². The summed E-state index contributed by atoms with van der Waals surface area (Å²) in [5.41, 5.74) is 1.71. The molecule has 0 bridgehead atoms. The summed E-state index contributed by atoms with van der Waals surface area (Å²) >= 11 is 0. The maximum Gasteiger partial charge on any atom is 0.247 e. The van der Waals surface area contributed by atoms with Crippen molar-refractivity contribution in [1.29, 1.82) is 0 Å². The first-order chi connectivity index (χ1) is 14.1. The van der Waals surface area contributed by atoms with Gasteiger partial charge in [0.25, 0.3) is 0 Å². The fourth-order valence-corrected chi connectivity index (χ4v) is 3.09. The van der Waals surface area contributed by atoms with Gasteiger partial charge in [-0.25, -0.2) is 0 Å². The minimum Gasteiger partial charge on any atom is -0.497 e. The van der Waals surface area contributed by atoms with E-state index < -0.39 is 6.04 Å². The third-order valence-corrected chi connectivity index (χ3v) is 4.58. The van der Waals surface area contributed by atoms with Crippen molar-refractivity contribution in [1.82, 2.24) is 10.2 Å². The molecule has 0 aromatic heterocycles. The highest BCUT2D eigenvalue weighted by atomic mass is 16.5. The van der Waals surface area contributed by atoms with Gasteiger partial charge in [-0.2, -0.15) is 0 Å². The Hall–Kier alpha value is -2.86. The van der Waals surface area contributed by atoms with E-state index in [2.05, 4.69) is 5.32 Å². The van der Waals surface area contributed by atoms with Gasteiger partial charge >= 0.3 is 0 Å². The molecule has 29 heavy (non-hydrogen) atoms. The molecule has 2 rings (SSSR count). The first-order valence-corrected chi connectivity index (χ1v) is 9.84. The van der Waals surface area contributed by atoms with Crippen LogP contribution in [-0.2, 0) is 20.9 Å². The summed E-state index contributed by atoms with van der Waals surface area (Å²) in [7, 11) is 3.20. The van der Waals surface area contributed by atoms with E-state index in [0.29, 0.717) is 32.5 Å². The van der Waals surface area contributed by atoms with E-state index in [1.165, 1.54) is 0 Å². The molecule has 156 valence electrons. The van der Waals surface area contributed by atoms with Crippen molar-refractivity contribution in [2.75, 3.05) is 27.4 Å². The summed E-state index contributed by atoms with van der Waals surface area (Å²) in [5.74, 6) is 0.474. The van der Waals surface area contributed by atoms with Gasteiger partial charge in [-0.05, 0) is 29.7 Å². The number of hydrogen-bond donors (Lipinski definition) is 1. The third-order valence-electron chi connectivity index (χ3n) is 4.58. The van der Waals surface area contributed by atoms with Crippen LogP contribution in [0, 0.1) is 0 Å². The SMILES string of the molecule is CCCC(=O)N(Cc1ccc(OC)cc1)[C@@H](C(=O)NCCOC)c1ccccc1. The van der Waals surface area contributed by atoms with Crippen molar-refractivity contribution in [3.63, 3.8) is 0 Å². The molecule has 2 aromatic rings. The quantitative estimate of drug-likeness (QED) is 0.590.